The Labute approximate surface area is 103 Å². The summed E-state index contributed by atoms with van der Waals surface area (Å²) in [5.74, 6) is -0.830. The van der Waals surface area contributed by atoms with Crippen LogP contribution in [0.5, 0.6) is 0 Å². The Kier molecular flexibility index (Phi) is 3.14. The minimum atomic E-state index is -0.461. The number of hydrogen-bond acceptors (Lipinski definition) is 3. The van der Waals surface area contributed by atoms with Gasteiger partial charge in [0.25, 0.3) is 5.91 Å². The van der Waals surface area contributed by atoms with Crippen LogP contribution >= 0.6 is 0 Å². The highest BCUT2D eigenvalue weighted by Gasteiger charge is 2.08. The highest BCUT2D eigenvalue weighted by molar-refractivity contribution is 6.05. The van der Waals surface area contributed by atoms with Crippen molar-refractivity contribution < 1.29 is 9.18 Å². The molecule has 0 heterocycles. The zero-order chi connectivity index (χ0) is 13.1. The van der Waals surface area contributed by atoms with Crippen LogP contribution in [0, 0.1) is 5.82 Å². The molecule has 0 atom stereocenters. The number of halogens is 1. The Bertz CT molecular complexity index is 581. The fourth-order valence-corrected chi connectivity index (χ4v) is 1.47. The van der Waals surface area contributed by atoms with E-state index < -0.39 is 5.82 Å². The van der Waals surface area contributed by atoms with Crippen LogP contribution in [0.15, 0.2) is 42.5 Å². The molecule has 0 bridgehead atoms. The summed E-state index contributed by atoms with van der Waals surface area (Å²) >= 11 is 0. The van der Waals surface area contributed by atoms with Gasteiger partial charge in [-0.05, 0) is 42.5 Å². The van der Waals surface area contributed by atoms with Gasteiger partial charge >= 0.3 is 0 Å². The number of carbonyl (C=O) groups is 1. The van der Waals surface area contributed by atoms with Crippen LogP contribution < -0.4 is 16.8 Å². The lowest BCUT2D eigenvalue weighted by Crippen LogP contribution is -2.13. The normalized spacial score (nSPS) is 10.1. The fraction of sp³-hybridized carbons (Fsp3) is 0. The first kappa shape index (κ1) is 11.9. The molecular weight excluding hydrogens is 233 g/mol. The van der Waals surface area contributed by atoms with Gasteiger partial charge in [-0.25, -0.2) is 4.39 Å². The SMILES string of the molecule is Nc1ccc(C(=O)Nc2cc(F)ccc2N)cc1. The summed E-state index contributed by atoms with van der Waals surface area (Å²) < 4.78 is 13.0. The molecule has 92 valence electrons. The first-order valence-electron chi connectivity index (χ1n) is 5.28. The molecule has 4 nitrogen and oxygen atoms in total. The molecule has 0 saturated heterocycles. The molecular formula is C13H12FN3O. The van der Waals surface area contributed by atoms with Crippen LogP contribution in [-0.2, 0) is 0 Å². The van der Waals surface area contributed by atoms with Crippen molar-refractivity contribution >= 4 is 23.0 Å². The molecule has 0 saturated carbocycles. The van der Waals surface area contributed by atoms with Crippen molar-refractivity contribution in [2.24, 2.45) is 0 Å². The van der Waals surface area contributed by atoms with Crippen LogP contribution in [0.25, 0.3) is 0 Å². The van der Waals surface area contributed by atoms with E-state index in [2.05, 4.69) is 5.32 Å². The lowest BCUT2D eigenvalue weighted by molar-refractivity contribution is 0.102. The first-order valence-corrected chi connectivity index (χ1v) is 5.28. The Morgan fingerprint density at radius 3 is 2.39 bits per heavy atom. The summed E-state index contributed by atoms with van der Waals surface area (Å²) in [6, 6.07) is 10.2. The first-order chi connectivity index (χ1) is 8.56. The van der Waals surface area contributed by atoms with Crippen molar-refractivity contribution in [3.8, 4) is 0 Å². The molecule has 2 rings (SSSR count). The second kappa shape index (κ2) is 4.75. The predicted octanol–water partition coefficient (Wildman–Crippen LogP) is 2.24. The second-order valence-electron chi connectivity index (χ2n) is 3.81. The molecule has 1 amide bonds. The number of nitrogen functional groups attached to an aromatic ring is 2. The van der Waals surface area contributed by atoms with Gasteiger partial charge in [0.15, 0.2) is 0 Å². The fourth-order valence-electron chi connectivity index (χ4n) is 1.47. The minimum Gasteiger partial charge on any atom is -0.399 e. The lowest BCUT2D eigenvalue weighted by Gasteiger charge is -2.08. The maximum absolute atomic E-state index is 13.0. The third-order valence-corrected chi connectivity index (χ3v) is 2.44. The summed E-state index contributed by atoms with van der Waals surface area (Å²) in [5.41, 5.74) is 12.7. The van der Waals surface area contributed by atoms with Crippen molar-refractivity contribution in [1.29, 1.82) is 0 Å². The van der Waals surface area contributed by atoms with Gasteiger partial charge in [-0.1, -0.05) is 0 Å². The largest absolute Gasteiger partial charge is 0.399 e. The number of benzene rings is 2. The second-order valence-corrected chi connectivity index (χ2v) is 3.81. The zero-order valence-corrected chi connectivity index (χ0v) is 9.48. The average molecular weight is 245 g/mol. The summed E-state index contributed by atoms with van der Waals surface area (Å²) in [7, 11) is 0. The smallest absolute Gasteiger partial charge is 0.255 e. The number of carbonyl (C=O) groups excluding carboxylic acids is 1. The van der Waals surface area contributed by atoms with Crippen molar-refractivity contribution in [2.45, 2.75) is 0 Å². The molecule has 18 heavy (non-hydrogen) atoms. The van der Waals surface area contributed by atoms with Crippen LogP contribution in [0.4, 0.5) is 21.5 Å². The van der Waals surface area contributed by atoms with Crippen molar-refractivity contribution in [1.82, 2.24) is 0 Å². The molecule has 0 radical (unpaired) electrons. The molecule has 5 heteroatoms. The van der Waals surface area contributed by atoms with Crippen LogP contribution in [-0.4, -0.2) is 5.91 Å². The summed E-state index contributed by atoms with van der Waals surface area (Å²) in [4.78, 5) is 11.9. The topological polar surface area (TPSA) is 81.1 Å². The number of nitrogens with two attached hydrogens (primary N) is 2. The van der Waals surface area contributed by atoms with E-state index in [4.69, 9.17) is 11.5 Å². The Morgan fingerprint density at radius 2 is 1.72 bits per heavy atom. The minimum absolute atomic E-state index is 0.247. The maximum atomic E-state index is 13.0. The Hall–Kier alpha value is -2.56. The van der Waals surface area contributed by atoms with E-state index in [1.807, 2.05) is 0 Å². The summed E-state index contributed by atoms with van der Waals surface area (Å²) in [6.07, 6.45) is 0. The van der Waals surface area contributed by atoms with E-state index in [1.165, 1.54) is 18.2 Å². The monoisotopic (exact) mass is 245 g/mol. The van der Waals surface area contributed by atoms with Crippen LogP contribution in [0.3, 0.4) is 0 Å². The number of anilines is 3. The van der Waals surface area contributed by atoms with Gasteiger partial charge < -0.3 is 16.8 Å². The Morgan fingerprint density at radius 1 is 1.06 bits per heavy atom. The molecule has 2 aromatic rings. The molecule has 0 fully saturated rings. The van der Waals surface area contributed by atoms with Crippen molar-refractivity contribution in [3.05, 3.63) is 53.8 Å². The van der Waals surface area contributed by atoms with Gasteiger partial charge in [0, 0.05) is 11.3 Å². The quantitative estimate of drug-likeness (QED) is 0.710. The van der Waals surface area contributed by atoms with E-state index >= 15 is 0 Å². The number of hydrogen-bond donors (Lipinski definition) is 3. The molecule has 0 aromatic heterocycles. The highest BCUT2D eigenvalue weighted by Crippen LogP contribution is 2.20. The molecule has 0 unspecified atom stereocenters. The van der Waals surface area contributed by atoms with E-state index in [0.717, 1.165) is 0 Å². The number of nitrogens with one attached hydrogen (secondary N) is 1. The molecule has 0 spiro atoms. The van der Waals surface area contributed by atoms with Gasteiger partial charge in [-0.15, -0.1) is 0 Å². The maximum Gasteiger partial charge on any atom is 0.255 e. The van der Waals surface area contributed by atoms with Gasteiger partial charge in [0.2, 0.25) is 0 Å². The molecule has 2 aromatic carbocycles. The summed E-state index contributed by atoms with van der Waals surface area (Å²) in [6.45, 7) is 0. The lowest BCUT2D eigenvalue weighted by atomic mass is 10.2. The van der Waals surface area contributed by atoms with Crippen LogP contribution in [0.1, 0.15) is 10.4 Å². The van der Waals surface area contributed by atoms with Gasteiger partial charge in [-0.2, -0.15) is 0 Å². The molecule has 0 aliphatic carbocycles. The highest BCUT2D eigenvalue weighted by atomic mass is 19.1. The van der Waals surface area contributed by atoms with Crippen molar-refractivity contribution in [2.75, 3.05) is 16.8 Å². The van der Waals surface area contributed by atoms with E-state index in [1.54, 1.807) is 24.3 Å². The number of rotatable bonds is 2. The van der Waals surface area contributed by atoms with Gasteiger partial charge in [0.05, 0.1) is 11.4 Å². The van der Waals surface area contributed by atoms with Crippen molar-refractivity contribution in [3.63, 3.8) is 0 Å². The van der Waals surface area contributed by atoms with Gasteiger partial charge in [0.1, 0.15) is 5.82 Å². The van der Waals surface area contributed by atoms with E-state index in [-0.39, 0.29) is 11.6 Å². The summed E-state index contributed by atoms with van der Waals surface area (Å²) in [5, 5.41) is 2.54. The van der Waals surface area contributed by atoms with E-state index in [0.29, 0.717) is 16.9 Å². The zero-order valence-electron chi connectivity index (χ0n) is 9.48. The Balaban J connectivity index is 2.21. The molecule has 0 aliphatic heterocycles. The standard InChI is InChI=1S/C13H12FN3O/c14-9-3-6-11(16)12(7-9)17-13(18)8-1-4-10(15)5-2-8/h1-7H,15-16H2,(H,17,18). The predicted molar refractivity (Wildman–Crippen MR) is 69.6 cm³/mol. The molecule has 0 aliphatic rings. The van der Waals surface area contributed by atoms with Crippen LogP contribution in [0.2, 0.25) is 0 Å². The average Bonchev–Trinajstić information content (AvgIpc) is 2.34. The van der Waals surface area contributed by atoms with Gasteiger partial charge in [-0.3, -0.25) is 4.79 Å². The third kappa shape index (κ3) is 2.57. The van der Waals surface area contributed by atoms with E-state index in [9.17, 15) is 9.18 Å². The third-order valence-electron chi connectivity index (χ3n) is 2.44. The number of amides is 1. The molecule has 5 N–H and O–H groups in total.